The summed E-state index contributed by atoms with van der Waals surface area (Å²) < 4.78 is 324. The van der Waals surface area contributed by atoms with Crippen molar-refractivity contribution in [3.05, 3.63) is 0 Å². The van der Waals surface area contributed by atoms with Crippen LogP contribution in [0.5, 0.6) is 0 Å². The van der Waals surface area contributed by atoms with E-state index in [1.165, 1.54) is 4.74 Å². The minimum absolute atomic E-state index is 1.52. The third kappa shape index (κ3) is 2.20. The van der Waals surface area contributed by atoms with Crippen molar-refractivity contribution >= 4 is 0 Å². The minimum Gasteiger partial charge on any atom is -0.290 e. The summed E-state index contributed by atoms with van der Waals surface area (Å²) in [6.07, 6.45) is -16.2. The molecule has 2 nitrogen and oxygen atoms in total. The van der Waals surface area contributed by atoms with Gasteiger partial charge in [0.2, 0.25) is 0 Å². The average molecular weight is 637 g/mol. The maximum absolute atomic E-state index is 14.8. The number of nitrogens with two attached hydrogens (primary N) is 1. The predicted molar refractivity (Wildman–Crippen MR) is 69.0 cm³/mol. The lowest BCUT2D eigenvalue weighted by atomic mass is 9.40. The highest BCUT2D eigenvalue weighted by molar-refractivity contribution is 5.54. The number of hydrogen-bond donors (Lipinski definition) is 1. The summed E-state index contributed by atoms with van der Waals surface area (Å²) in [5, 5.41) is 0. The van der Waals surface area contributed by atoms with Gasteiger partial charge in [0.05, 0.1) is 0 Å². The highest BCUT2D eigenvalue weighted by Crippen LogP contribution is 2.89. The molecule has 0 spiro atoms. The van der Waals surface area contributed by atoms with Crippen molar-refractivity contribution in [2.24, 2.45) is 5.73 Å². The Labute approximate surface area is 195 Å². The minimum atomic E-state index is -8.81. The SMILES string of the molecule is NC(F)(C(F)(F)OC12C(F)(F)C3(F)C(F)(F)C(F)(C(F)(F)C(F)(C3(F)F)C1(F)F)C2(F)F)C(F)(F)C(F)(F)F. The van der Waals surface area contributed by atoms with E-state index in [1.807, 2.05) is 0 Å². The molecule has 230 valence electrons. The van der Waals surface area contributed by atoms with Gasteiger partial charge in [-0.05, 0) is 0 Å². The normalized spacial score (nSPS) is 42.8. The smallest absolute Gasteiger partial charge is 0.290 e. The molecule has 4 fully saturated rings. The van der Waals surface area contributed by atoms with Crippen LogP contribution in [0.25, 0.3) is 0 Å². The van der Waals surface area contributed by atoms with Gasteiger partial charge in [0.1, 0.15) is 0 Å². The molecule has 1 unspecified atom stereocenters. The van der Waals surface area contributed by atoms with Crippen LogP contribution in [-0.2, 0) is 4.74 Å². The van der Waals surface area contributed by atoms with Crippen LogP contribution >= 0.6 is 0 Å². The van der Waals surface area contributed by atoms with Crippen molar-refractivity contribution in [3.8, 4) is 0 Å². The topological polar surface area (TPSA) is 35.2 Å². The summed E-state index contributed by atoms with van der Waals surface area (Å²) in [5.41, 5.74) is -31.2. The molecule has 4 aliphatic carbocycles. The second-order valence-corrected chi connectivity index (χ2v) is 8.51. The maximum atomic E-state index is 14.8. The van der Waals surface area contributed by atoms with Crippen LogP contribution in [0.3, 0.4) is 0 Å². The van der Waals surface area contributed by atoms with Crippen LogP contribution in [0.2, 0.25) is 0 Å². The first-order chi connectivity index (χ1) is 16.5. The van der Waals surface area contributed by atoms with Gasteiger partial charge in [-0.1, -0.05) is 0 Å². The second-order valence-electron chi connectivity index (χ2n) is 8.51. The molecule has 0 aromatic heterocycles. The van der Waals surface area contributed by atoms with Crippen LogP contribution in [0, 0.1) is 0 Å². The fraction of sp³-hybridized carbons (Fsp3) is 1.00. The fourth-order valence-electron chi connectivity index (χ4n) is 4.65. The quantitative estimate of drug-likeness (QED) is 0.298. The Kier molecular flexibility index (Phi) is 5.32. The molecule has 4 saturated carbocycles. The molecule has 0 aromatic rings. The Bertz CT molecular complexity index is 974. The molecular formula is C14H2F23NO. The Morgan fingerprint density at radius 1 is 0.410 bits per heavy atom. The molecule has 4 rings (SSSR count). The lowest BCUT2D eigenvalue weighted by molar-refractivity contribution is -0.634. The number of rotatable bonds is 4. The molecule has 0 heterocycles. The summed E-state index contributed by atoms with van der Waals surface area (Å²) in [4.78, 5) is 0. The Hall–Kier alpha value is -1.69. The largest absolute Gasteiger partial charge is 0.458 e. The zero-order chi connectivity index (χ0) is 31.7. The van der Waals surface area contributed by atoms with Crippen molar-refractivity contribution in [2.75, 3.05) is 0 Å². The van der Waals surface area contributed by atoms with Gasteiger partial charge in [0.15, 0.2) is 0 Å². The maximum Gasteiger partial charge on any atom is 0.458 e. The van der Waals surface area contributed by atoms with Crippen molar-refractivity contribution < 1.29 is 106 Å². The molecule has 39 heavy (non-hydrogen) atoms. The Morgan fingerprint density at radius 3 is 0.846 bits per heavy atom. The summed E-state index contributed by atoms with van der Waals surface area (Å²) in [7, 11) is 0. The van der Waals surface area contributed by atoms with Crippen LogP contribution in [0.15, 0.2) is 0 Å². The first-order valence-corrected chi connectivity index (χ1v) is 8.79. The molecule has 0 aliphatic heterocycles. The summed E-state index contributed by atoms with van der Waals surface area (Å²) in [6.45, 7) is 0. The monoisotopic (exact) mass is 637 g/mol. The van der Waals surface area contributed by atoms with E-state index in [1.54, 1.807) is 0 Å². The van der Waals surface area contributed by atoms with E-state index in [9.17, 15) is 101 Å². The number of alkyl halides is 23. The van der Waals surface area contributed by atoms with Crippen LogP contribution in [0.1, 0.15) is 0 Å². The van der Waals surface area contributed by atoms with E-state index in [-0.39, 0.29) is 0 Å². The molecule has 0 saturated heterocycles. The van der Waals surface area contributed by atoms with E-state index >= 15 is 0 Å². The lowest BCUT2D eigenvalue weighted by Gasteiger charge is -2.74. The van der Waals surface area contributed by atoms with Gasteiger partial charge in [-0.25, -0.2) is 17.6 Å². The van der Waals surface area contributed by atoms with Gasteiger partial charge in [0, 0.05) is 0 Å². The summed E-state index contributed by atoms with van der Waals surface area (Å²) in [5.74, 6) is -67.9. The lowest BCUT2D eigenvalue weighted by Crippen LogP contribution is -3.10. The van der Waals surface area contributed by atoms with E-state index in [0.717, 1.165) is 0 Å². The van der Waals surface area contributed by atoms with Crippen molar-refractivity contribution in [2.45, 2.75) is 82.1 Å². The Balaban J connectivity index is 2.59. The van der Waals surface area contributed by atoms with Crippen LogP contribution < -0.4 is 5.73 Å². The zero-order valence-electron chi connectivity index (χ0n) is 16.7. The van der Waals surface area contributed by atoms with Gasteiger partial charge in [0.25, 0.3) is 5.60 Å². The molecule has 2 N–H and O–H groups in total. The molecule has 4 bridgehead atoms. The number of hydrogen-bond acceptors (Lipinski definition) is 2. The average Bonchev–Trinajstić information content (AvgIpc) is 2.70. The standard InChI is InChI=1S/C14H2F23NO/c15-1-5(18,19)2(16)7(22,23)3(17,6(1,20)21)10(28,29)4(8(1,24)25,9(2,26)27)39-14(36,37)12(32,38)11(30,31)13(33,34)35/h38H2. The molecule has 0 amide bonds. The highest BCUT2D eigenvalue weighted by atomic mass is 19.4. The first-order valence-electron chi connectivity index (χ1n) is 8.79. The van der Waals surface area contributed by atoms with Gasteiger partial charge >= 0.3 is 76.5 Å². The predicted octanol–water partition coefficient (Wildman–Crippen LogP) is 6.13. The molecule has 0 aromatic carbocycles. The van der Waals surface area contributed by atoms with Gasteiger partial charge in [-0.15, -0.1) is 0 Å². The van der Waals surface area contributed by atoms with Crippen molar-refractivity contribution in [3.63, 3.8) is 0 Å². The summed E-state index contributed by atoms with van der Waals surface area (Å²) >= 11 is 0. The molecule has 25 heteroatoms. The van der Waals surface area contributed by atoms with E-state index in [2.05, 4.69) is 5.73 Å². The molecular weight excluding hydrogens is 635 g/mol. The van der Waals surface area contributed by atoms with E-state index < -0.39 is 82.1 Å². The van der Waals surface area contributed by atoms with Crippen LogP contribution in [-0.4, -0.2) is 82.1 Å². The van der Waals surface area contributed by atoms with Crippen LogP contribution in [0.4, 0.5) is 101 Å². The molecule has 1 atom stereocenters. The van der Waals surface area contributed by atoms with Gasteiger partial charge in [-0.2, -0.15) is 83.4 Å². The van der Waals surface area contributed by atoms with Crippen molar-refractivity contribution in [1.29, 1.82) is 0 Å². The van der Waals surface area contributed by atoms with E-state index in [0.29, 0.717) is 0 Å². The fourth-order valence-corrected chi connectivity index (χ4v) is 4.65. The zero-order valence-corrected chi connectivity index (χ0v) is 16.7. The van der Waals surface area contributed by atoms with Gasteiger partial charge in [-0.3, -0.25) is 10.5 Å². The van der Waals surface area contributed by atoms with Gasteiger partial charge < -0.3 is 0 Å². The third-order valence-corrected chi connectivity index (χ3v) is 6.74. The molecule has 4 aliphatic rings. The van der Waals surface area contributed by atoms with E-state index in [4.69, 9.17) is 0 Å². The highest BCUT2D eigenvalue weighted by Gasteiger charge is 3.24. The van der Waals surface area contributed by atoms with Crippen molar-refractivity contribution in [1.82, 2.24) is 0 Å². The Morgan fingerprint density at radius 2 is 0.641 bits per heavy atom. The third-order valence-electron chi connectivity index (χ3n) is 6.74. The second kappa shape index (κ2) is 6.52. The molecule has 0 radical (unpaired) electrons. The first kappa shape index (κ1) is 31.8. The summed E-state index contributed by atoms with van der Waals surface area (Å²) in [6, 6.07) is 0. The number of halogens is 23. The number of ether oxygens (including phenoxy) is 1.